The zero-order valence-corrected chi connectivity index (χ0v) is 8.66. The molecule has 1 rings (SSSR count). The Labute approximate surface area is 72.1 Å². The van der Waals surface area contributed by atoms with Gasteiger partial charge in [0.2, 0.25) is 0 Å². The zero-order chi connectivity index (χ0) is 7.28. The van der Waals surface area contributed by atoms with Crippen molar-refractivity contribution in [2.75, 3.05) is 0 Å². The van der Waals surface area contributed by atoms with Crippen molar-refractivity contribution in [3.05, 3.63) is 0 Å². The van der Waals surface area contributed by atoms with E-state index >= 15 is 0 Å². The van der Waals surface area contributed by atoms with Gasteiger partial charge in [-0.2, -0.15) is 0 Å². The summed E-state index contributed by atoms with van der Waals surface area (Å²) in [5.41, 5.74) is -0.549. The molecule has 1 atom stereocenters. The average Bonchev–Trinajstić information content (AvgIpc) is 2.10. The van der Waals surface area contributed by atoms with Crippen LogP contribution in [0.4, 0.5) is 0 Å². The van der Waals surface area contributed by atoms with E-state index in [4.69, 9.17) is 0 Å². The summed E-state index contributed by atoms with van der Waals surface area (Å²) in [6, 6.07) is 0. The maximum absolute atomic E-state index is 9.43. The maximum Gasteiger partial charge on any atom is 0.0866 e. The summed E-state index contributed by atoms with van der Waals surface area (Å²) in [6.07, 6.45) is 1.01. The van der Waals surface area contributed by atoms with E-state index in [1.165, 1.54) is 0 Å². The lowest BCUT2D eigenvalue weighted by Crippen LogP contribution is -2.24. The molecule has 1 unspecified atom stereocenters. The number of halogens is 2. The van der Waals surface area contributed by atoms with E-state index in [-0.39, 0.29) is 3.23 Å². The van der Waals surface area contributed by atoms with Gasteiger partial charge in [-0.15, -0.1) is 0 Å². The highest BCUT2D eigenvalue weighted by molar-refractivity contribution is 9.25. The molecule has 0 aliphatic heterocycles. The standard InChI is InChI=1S/C6H10Br2O/c1-5(2,9)4-3-6(4,7)8/h4,9H,3H2,1-2H3. The molecule has 0 aromatic carbocycles. The van der Waals surface area contributed by atoms with Crippen LogP contribution in [0.15, 0.2) is 0 Å². The molecule has 9 heavy (non-hydrogen) atoms. The Morgan fingerprint density at radius 1 is 1.56 bits per heavy atom. The third-order valence-corrected chi connectivity index (χ3v) is 3.43. The highest BCUT2D eigenvalue weighted by Crippen LogP contribution is 2.60. The first kappa shape index (κ1) is 8.02. The van der Waals surface area contributed by atoms with Gasteiger partial charge in [0.1, 0.15) is 0 Å². The Bertz CT molecular complexity index is 126. The van der Waals surface area contributed by atoms with Gasteiger partial charge in [0.25, 0.3) is 0 Å². The van der Waals surface area contributed by atoms with Gasteiger partial charge in [-0.3, -0.25) is 0 Å². The molecule has 54 valence electrons. The lowest BCUT2D eigenvalue weighted by atomic mass is 10.0. The Morgan fingerprint density at radius 3 is 1.89 bits per heavy atom. The van der Waals surface area contributed by atoms with Crippen LogP contribution >= 0.6 is 31.9 Å². The van der Waals surface area contributed by atoms with E-state index < -0.39 is 5.60 Å². The first-order valence-corrected chi connectivity index (χ1v) is 4.53. The van der Waals surface area contributed by atoms with Crippen molar-refractivity contribution in [3.8, 4) is 0 Å². The SMILES string of the molecule is CC(C)(O)C1CC1(Br)Br. The minimum atomic E-state index is -0.549. The highest BCUT2D eigenvalue weighted by Gasteiger charge is 2.57. The molecule has 0 bridgehead atoms. The Hall–Kier alpha value is 0.920. The third kappa shape index (κ3) is 1.69. The third-order valence-electron chi connectivity index (χ3n) is 1.68. The molecule has 3 heteroatoms. The molecule has 0 radical (unpaired) electrons. The van der Waals surface area contributed by atoms with Gasteiger partial charge in [-0.05, 0) is 20.3 Å². The van der Waals surface area contributed by atoms with E-state index in [0.717, 1.165) is 6.42 Å². The first-order valence-electron chi connectivity index (χ1n) is 2.94. The van der Waals surface area contributed by atoms with Gasteiger partial charge in [0.05, 0.1) is 8.83 Å². The molecule has 1 fully saturated rings. The van der Waals surface area contributed by atoms with Crippen LogP contribution in [0.25, 0.3) is 0 Å². The molecule has 1 N–H and O–H groups in total. The normalized spacial score (nSPS) is 32.3. The maximum atomic E-state index is 9.43. The fourth-order valence-electron chi connectivity index (χ4n) is 0.980. The van der Waals surface area contributed by atoms with Crippen molar-refractivity contribution < 1.29 is 5.11 Å². The zero-order valence-electron chi connectivity index (χ0n) is 5.49. The van der Waals surface area contributed by atoms with Crippen molar-refractivity contribution >= 4 is 31.9 Å². The average molecular weight is 258 g/mol. The second-order valence-corrected chi connectivity index (χ2v) is 7.07. The number of rotatable bonds is 1. The summed E-state index contributed by atoms with van der Waals surface area (Å²) < 4.78 is 0.0260. The van der Waals surface area contributed by atoms with Gasteiger partial charge in [0.15, 0.2) is 0 Å². The van der Waals surface area contributed by atoms with Crippen molar-refractivity contribution in [1.82, 2.24) is 0 Å². The van der Waals surface area contributed by atoms with Crippen LogP contribution in [0.1, 0.15) is 20.3 Å². The lowest BCUT2D eigenvalue weighted by Gasteiger charge is -2.16. The van der Waals surface area contributed by atoms with E-state index in [1.807, 2.05) is 13.8 Å². The van der Waals surface area contributed by atoms with Gasteiger partial charge in [-0.1, -0.05) is 31.9 Å². The van der Waals surface area contributed by atoms with Crippen LogP contribution in [0, 0.1) is 5.92 Å². The van der Waals surface area contributed by atoms with Crippen molar-refractivity contribution in [2.45, 2.75) is 29.1 Å². The van der Waals surface area contributed by atoms with E-state index in [1.54, 1.807) is 0 Å². The van der Waals surface area contributed by atoms with Crippen LogP contribution in [0.2, 0.25) is 0 Å². The summed E-state index contributed by atoms with van der Waals surface area (Å²) in [5, 5.41) is 9.43. The molecule has 1 saturated carbocycles. The molecule has 0 aromatic rings. The molecule has 0 heterocycles. The summed E-state index contributed by atoms with van der Waals surface area (Å²) in [7, 11) is 0. The van der Waals surface area contributed by atoms with Gasteiger partial charge >= 0.3 is 0 Å². The number of hydrogen-bond acceptors (Lipinski definition) is 1. The molecule has 1 aliphatic carbocycles. The van der Waals surface area contributed by atoms with Crippen LogP contribution in [-0.4, -0.2) is 13.9 Å². The van der Waals surface area contributed by atoms with Crippen LogP contribution in [0.5, 0.6) is 0 Å². The van der Waals surface area contributed by atoms with Gasteiger partial charge in [-0.25, -0.2) is 0 Å². The van der Waals surface area contributed by atoms with E-state index in [0.29, 0.717) is 5.92 Å². The highest BCUT2D eigenvalue weighted by atomic mass is 79.9. The summed E-state index contributed by atoms with van der Waals surface area (Å²) in [6.45, 7) is 3.67. The predicted molar refractivity (Wildman–Crippen MR) is 45.0 cm³/mol. The second kappa shape index (κ2) is 1.95. The molecule has 0 saturated heterocycles. The van der Waals surface area contributed by atoms with Crippen LogP contribution < -0.4 is 0 Å². The van der Waals surface area contributed by atoms with E-state index in [9.17, 15) is 5.11 Å². The summed E-state index contributed by atoms with van der Waals surface area (Å²) in [4.78, 5) is 0. The Balaban J connectivity index is 2.52. The molecular weight excluding hydrogens is 248 g/mol. The minimum absolute atomic E-state index is 0.0260. The number of alkyl halides is 2. The molecule has 1 nitrogen and oxygen atoms in total. The largest absolute Gasteiger partial charge is 0.390 e. The molecular formula is C6H10Br2O. The van der Waals surface area contributed by atoms with E-state index in [2.05, 4.69) is 31.9 Å². The van der Waals surface area contributed by atoms with Crippen molar-refractivity contribution in [1.29, 1.82) is 0 Å². The molecule has 0 amide bonds. The topological polar surface area (TPSA) is 20.2 Å². The van der Waals surface area contributed by atoms with Crippen LogP contribution in [-0.2, 0) is 0 Å². The van der Waals surface area contributed by atoms with Crippen LogP contribution in [0.3, 0.4) is 0 Å². The summed E-state index contributed by atoms with van der Waals surface area (Å²) >= 11 is 6.89. The predicted octanol–water partition coefficient (Wildman–Crippen LogP) is 2.26. The quantitative estimate of drug-likeness (QED) is 0.715. The molecule has 0 aromatic heterocycles. The lowest BCUT2D eigenvalue weighted by molar-refractivity contribution is 0.0569. The Morgan fingerprint density at radius 2 is 1.89 bits per heavy atom. The fourth-order valence-corrected chi connectivity index (χ4v) is 2.75. The minimum Gasteiger partial charge on any atom is -0.390 e. The number of hydrogen-bond donors (Lipinski definition) is 1. The summed E-state index contributed by atoms with van der Waals surface area (Å²) in [5.74, 6) is 0.352. The molecule has 1 aliphatic rings. The fraction of sp³-hybridized carbons (Fsp3) is 1.00. The van der Waals surface area contributed by atoms with Crippen molar-refractivity contribution in [3.63, 3.8) is 0 Å². The smallest absolute Gasteiger partial charge is 0.0866 e. The van der Waals surface area contributed by atoms with Gasteiger partial charge in [0, 0.05) is 5.92 Å². The Kier molecular flexibility index (Phi) is 1.74. The molecule has 0 spiro atoms. The monoisotopic (exact) mass is 256 g/mol. The second-order valence-electron chi connectivity index (χ2n) is 3.17. The number of aliphatic hydroxyl groups is 1. The van der Waals surface area contributed by atoms with Crippen molar-refractivity contribution in [2.24, 2.45) is 5.92 Å². The van der Waals surface area contributed by atoms with Gasteiger partial charge < -0.3 is 5.11 Å². The first-order chi connectivity index (χ1) is 3.84.